The maximum Gasteiger partial charge on any atom is 0.494 e. The van der Waals surface area contributed by atoms with Crippen molar-refractivity contribution >= 4 is 24.5 Å². The van der Waals surface area contributed by atoms with E-state index in [4.69, 9.17) is 15.0 Å². The van der Waals surface area contributed by atoms with E-state index in [1.165, 1.54) is 5.56 Å². The molecule has 25 heavy (non-hydrogen) atoms. The first-order valence-electron chi connectivity index (χ1n) is 8.57. The van der Waals surface area contributed by atoms with Crippen LogP contribution in [0.2, 0.25) is 0 Å². The Bertz CT molecular complexity index is 757. The Morgan fingerprint density at radius 1 is 1.00 bits per heavy atom. The molecule has 0 saturated carbocycles. The molecule has 0 unspecified atom stereocenters. The zero-order chi connectivity index (χ0) is 18.1. The number of benzene rings is 2. The minimum Gasteiger partial charge on any atom is -0.399 e. The zero-order valence-electron chi connectivity index (χ0n) is 15.3. The minimum absolute atomic E-state index is 0.359. The average molecular weight is 336 g/mol. The quantitative estimate of drug-likeness (QED) is 0.530. The third-order valence-electron chi connectivity index (χ3n) is 4.98. The number of nitrogens with two attached hydrogens (primary N) is 1. The molecule has 0 aliphatic carbocycles. The van der Waals surface area contributed by atoms with E-state index in [1.54, 1.807) is 0 Å². The van der Waals surface area contributed by atoms with Crippen LogP contribution >= 0.6 is 0 Å². The van der Waals surface area contributed by atoms with Crippen LogP contribution in [0.3, 0.4) is 0 Å². The van der Waals surface area contributed by atoms with Gasteiger partial charge in [0.25, 0.3) is 0 Å². The summed E-state index contributed by atoms with van der Waals surface area (Å²) >= 11 is 0. The lowest BCUT2D eigenvalue weighted by Gasteiger charge is -2.32. The number of nitrogen functional groups attached to an aromatic ring is 1. The average Bonchev–Trinajstić information content (AvgIpc) is 2.78. The first-order valence-corrected chi connectivity index (χ1v) is 8.57. The predicted octanol–water partition coefficient (Wildman–Crippen LogP) is 3.19. The highest BCUT2D eigenvalue weighted by Gasteiger charge is 2.51. The normalized spacial score (nSPS) is 18.8. The lowest BCUT2D eigenvalue weighted by molar-refractivity contribution is 0.00578. The predicted molar refractivity (Wildman–Crippen MR) is 104 cm³/mol. The van der Waals surface area contributed by atoms with Gasteiger partial charge in [0.2, 0.25) is 0 Å². The highest BCUT2D eigenvalue weighted by molar-refractivity contribution is 6.62. The number of hydrogen-bond donors (Lipinski definition) is 1. The number of rotatable bonds is 4. The fraction of sp³-hybridized carbons (Fsp3) is 0.350. The van der Waals surface area contributed by atoms with Crippen LogP contribution in [-0.4, -0.2) is 24.5 Å². The molecule has 0 spiro atoms. The Balaban J connectivity index is 1.71. The molecule has 1 saturated heterocycles. The third kappa shape index (κ3) is 3.78. The second-order valence-corrected chi connectivity index (χ2v) is 7.43. The molecule has 0 aromatic heterocycles. The molecule has 1 aliphatic rings. The van der Waals surface area contributed by atoms with E-state index in [0.717, 1.165) is 11.0 Å². The van der Waals surface area contributed by atoms with Crippen LogP contribution in [0.4, 0.5) is 5.69 Å². The monoisotopic (exact) mass is 336 g/mol. The fourth-order valence-electron chi connectivity index (χ4n) is 2.67. The van der Waals surface area contributed by atoms with Crippen molar-refractivity contribution in [3.05, 3.63) is 59.7 Å². The van der Waals surface area contributed by atoms with Gasteiger partial charge in [-0.25, -0.2) is 0 Å². The van der Waals surface area contributed by atoms with E-state index in [0.29, 0.717) is 12.2 Å². The molecule has 4 nitrogen and oxygen atoms in total. The molecule has 1 heterocycles. The van der Waals surface area contributed by atoms with E-state index in [9.17, 15) is 0 Å². The molecule has 2 aromatic carbocycles. The Labute approximate surface area is 150 Å². The summed E-state index contributed by atoms with van der Waals surface area (Å²) < 4.78 is 12.1. The van der Waals surface area contributed by atoms with Crippen molar-refractivity contribution in [3.8, 4) is 0 Å². The highest BCUT2D eigenvalue weighted by atomic mass is 16.7. The molecule has 1 fully saturated rings. The SMILES string of the molecule is CC1(C)OB(c2ccc(C=NCc3ccccc3)c(N)c2)OC1(C)C. The molecule has 5 heteroatoms. The van der Waals surface area contributed by atoms with Gasteiger partial charge in [-0.3, -0.25) is 4.99 Å². The van der Waals surface area contributed by atoms with Crippen LogP contribution in [0, 0.1) is 0 Å². The smallest absolute Gasteiger partial charge is 0.399 e. The Morgan fingerprint density at radius 2 is 1.64 bits per heavy atom. The zero-order valence-corrected chi connectivity index (χ0v) is 15.3. The summed E-state index contributed by atoms with van der Waals surface area (Å²) in [5, 5.41) is 0. The van der Waals surface area contributed by atoms with Gasteiger partial charge in [0, 0.05) is 17.5 Å². The summed E-state index contributed by atoms with van der Waals surface area (Å²) in [6.45, 7) is 8.81. The van der Waals surface area contributed by atoms with Gasteiger partial charge in [-0.15, -0.1) is 0 Å². The maximum absolute atomic E-state index is 6.20. The topological polar surface area (TPSA) is 56.8 Å². The van der Waals surface area contributed by atoms with Crippen molar-refractivity contribution in [2.45, 2.75) is 45.4 Å². The molecule has 0 bridgehead atoms. The van der Waals surface area contributed by atoms with E-state index >= 15 is 0 Å². The second-order valence-electron chi connectivity index (χ2n) is 7.43. The fourth-order valence-corrected chi connectivity index (χ4v) is 2.67. The first-order chi connectivity index (χ1) is 11.8. The van der Waals surface area contributed by atoms with Crippen molar-refractivity contribution in [2.75, 3.05) is 5.73 Å². The summed E-state index contributed by atoms with van der Waals surface area (Å²) in [6.07, 6.45) is 1.82. The number of aliphatic imine (C=N–C) groups is 1. The second kappa shape index (κ2) is 6.66. The summed E-state index contributed by atoms with van der Waals surface area (Å²) in [5.41, 5.74) is 9.15. The number of nitrogens with zero attached hydrogens (tertiary/aromatic N) is 1. The van der Waals surface area contributed by atoms with Gasteiger partial charge in [-0.1, -0.05) is 42.5 Å². The van der Waals surface area contributed by atoms with Crippen LogP contribution in [0.25, 0.3) is 0 Å². The number of anilines is 1. The lowest BCUT2D eigenvalue weighted by Crippen LogP contribution is -2.41. The first kappa shape index (κ1) is 17.7. The molecule has 2 aromatic rings. The Hall–Kier alpha value is -2.11. The van der Waals surface area contributed by atoms with Crippen molar-refractivity contribution in [1.29, 1.82) is 0 Å². The lowest BCUT2D eigenvalue weighted by atomic mass is 9.78. The van der Waals surface area contributed by atoms with Gasteiger partial charge in [-0.05, 0) is 44.8 Å². The van der Waals surface area contributed by atoms with Gasteiger partial charge < -0.3 is 15.0 Å². The van der Waals surface area contributed by atoms with Gasteiger partial charge in [0.1, 0.15) is 0 Å². The molecule has 3 rings (SSSR count). The summed E-state index contributed by atoms with van der Waals surface area (Å²) in [7, 11) is -0.400. The third-order valence-corrected chi connectivity index (χ3v) is 4.98. The van der Waals surface area contributed by atoms with Crippen LogP contribution in [0.15, 0.2) is 53.5 Å². The van der Waals surface area contributed by atoms with Crippen molar-refractivity contribution in [3.63, 3.8) is 0 Å². The van der Waals surface area contributed by atoms with Gasteiger partial charge in [0.05, 0.1) is 17.7 Å². The molecular formula is C20H25BN2O2. The molecule has 2 N–H and O–H groups in total. The van der Waals surface area contributed by atoms with Crippen LogP contribution in [-0.2, 0) is 15.9 Å². The highest BCUT2D eigenvalue weighted by Crippen LogP contribution is 2.36. The van der Waals surface area contributed by atoms with Crippen molar-refractivity contribution in [2.24, 2.45) is 4.99 Å². The van der Waals surface area contributed by atoms with Crippen LogP contribution < -0.4 is 11.2 Å². The summed E-state index contributed by atoms with van der Waals surface area (Å²) in [6, 6.07) is 16.0. The Morgan fingerprint density at radius 3 is 2.24 bits per heavy atom. The molecule has 0 atom stereocenters. The molecule has 0 amide bonds. The van der Waals surface area contributed by atoms with E-state index < -0.39 is 7.12 Å². The molecule has 130 valence electrons. The minimum atomic E-state index is -0.400. The molecule has 0 radical (unpaired) electrons. The van der Waals surface area contributed by atoms with Gasteiger partial charge >= 0.3 is 7.12 Å². The van der Waals surface area contributed by atoms with E-state index in [-0.39, 0.29) is 11.2 Å². The largest absolute Gasteiger partial charge is 0.494 e. The van der Waals surface area contributed by atoms with Crippen LogP contribution in [0.5, 0.6) is 0 Å². The van der Waals surface area contributed by atoms with Crippen molar-refractivity contribution < 1.29 is 9.31 Å². The summed E-state index contributed by atoms with van der Waals surface area (Å²) in [5.74, 6) is 0. The summed E-state index contributed by atoms with van der Waals surface area (Å²) in [4.78, 5) is 4.48. The standard InChI is InChI=1S/C20H25BN2O2/c1-19(2)20(3,4)25-21(24-19)17-11-10-16(18(22)12-17)14-23-13-15-8-6-5-7-9-15/h5-12,14H,13,22H2,1-4H3. The van der Waals surface area contributed by atoms with E-state index in [1.807, 2.05) is 70.3 Å². The molecular weight excluding hydrogens is 311 g/mol. The van der Waals surface area contributed by atoms with Gasteiger partial charge in [0.15, 0.2) is 0 Å². The van der Waals surface area contributed by atoms with Crippen molar-refractivity contribution in [1.82, 2.24) is 0 Å². The number of hydrogen-bond acceptors (Lipinski definition) is 4. The molecule has 1 aliphatic heterocycles. The Kier molecular flexibility index (Phi) is 4.72. The van der Waals surface area contributed by atoms with Crippen LogP contribution in [0.1, 0.15) is 38.8 Å². The maximum atomic E-state index is 6.20. The van der Waals surface area contributed by atoms with Gasteiger partial charge in [-0.2, -0.15) is 0 Å². The van der Waals surface area contributed by atoms with E-state index in [2.05, 4.69) is 17.1 Å².